The number of hydrogen-bond donors (Lipinski definition) is 0. The minimum Gasteiger partial charge on any atom is -0.430 e. The van der Waals surface area contributed by atoms with Gasteiger partial charge >= 0.3 is 0 Å². The number of hydrogen-bond acceptors (Lipinski definition) is 3. The molecule has 82 valence electrons. The lowest BCUT2D eigenvalue weighted by Gasteiger charge is -2.20. The van der Waals surface area contributed by atoms with Gasteiger partial charge in [0.05, 0.1) is 6.20 Å². The minimum atomic E-state index is 0.505. The van der Waals surface area contributed by atoms with Crippen LogP contribution < -0.4 is 4.74 Å². The molecule has 1 aromatic heterocycles. The fourth-order valence-corrected chi connectivity index (χ4v) is 1.52. The fraction of sp³-hybridized carbons (Fsp3) is 0.455. The average Bonchev–Trinajstić information content (AvgIpc) is 2.23. The molecule has 0 spiro atoms. The smallest absolute Gasteiger partial charge is 0.264 e. The van der Waals surface area contributed by atoms with Crippen molar-refractivity contribution in [3.63, 3.8) is 0 Å². The molecule has 0 aliphatic heterocycles. The van der Waals surface area contributed by atoms with Gasteiger partial charge in [-0.25, -0.2) is 0 Å². The third-order valence-corrected chi connectivity index (χ3v) is 2.45. The molecule has 0 N–H and O–H groups in total. The van der Waals surface area contributed by atoms with Gasteiger partial charge in [-0.1, -0.05) is 0 Å². The van der Waals surface area contributed by atoms with Crippen molar-refractivity contribution in [2.24, 2.45) is 0 Å². The molecule has 1 rings (SSSR count). The third-order valence-electron chi connectivity index (χ3n) is 2.11. The van der Waals surface area contributed by atoms with E-state index in [1.807, 2.05) is 37.8 Å². The minimum absolute atomic E-state index is 0.505. The zero-order valence-corrected chi connectivity index (χ0v) is 10.2. The van der Waals surface area contributed by atoms with Gasteiger partial charge in [-0.2, -0.15) is 0 Å². The lowest BCUT2D eigenvalue weighted by Crippen LogP contribution is -2.32. The maximum atomic E-state index is 5.51. The molecule has 0 saturated heterocycles. The van der Waals surface area contributed by atoms with Crippen LogP contribution in [0.25, 0.3) is 0 Å². The number of nitrogens with zero attached hydrogens (tertiary/aromatic N) is 2. The predicted octanol–water partition coefficient (Wildman–Crippen LogP) is 2.40. The molecule has 0 saturated carbocycles. The first-order valence-corrected chi connectivity index (χ1v) is 5.47. The second-order valence-corrected chi connectivity index (χ2v) is 3.52. The SMILES string of the molecule is CCN(CC)C(=S)Oc1ccc(C)nc1. The van der Waals surface area contributed by atoms with Crippen LogP contribution in [-0.2, 0) is 0 Å². The Bertz CT molecular complexity index is 320. The third kappa shape index (κ3) is 3.47. The Labute approximate surface area is 96.1 Å². The van der Waals surface area contributed by atoms with E-state index >= 15 is 0 Å². The highest BCUT2D eigenvalue weighted by Crippen LogP contribution is 2.10. The first-order valence-electron chi connectivity index (χ1n) is 5.06. The van der Waals surface area contributed by atoms with Crippen molar-refractivity contribution in [3.05, 3.63) is 24.0 Å². The van der Waals surface area contributed by atoms with Crippen LogP contribution >= 0.6 is 12.2 Å². The summed E-state index contributed by atoms with van der Waals surface area (Å²) in [5, 5.41) is 0.505. The number of pyridine rings is 1. The van der Waals surface area contributed by atoms with Crippen LogP contribution in [0.5, 0.6) is 5.75 Å². The average molecular weight is 224 g/mol. The normalized spacial score (nSPS) is 9.80. The van der Waals surface area contributed by atoms with Crippen molar-refractivity contribution in [2.75, 3.05) is 13.1 Å². The monoisotopic (exact) mass is 224 g/mol. The predicted molar refractivity (Wildman–Crippen MR) is 65.1 cm³/mol. The number of aryl methyl sites for hydroxylation is 1. The summed E-state index contributed by atoms with van der Waals surface area (Å²) in [6, 6.07) is 3.78. The molecular formula is C11H16N2OS. The van der Waals surface area contributed by atoms with Crippen LogP contribution in [0.15, 0.2) is 18.3 Å². The van der Waals surface area contributed by atoms with Crippen molar-refractivity contribution in [2.45, 2.75) is 20.8 Å². The number of ether oxygens (including phenoxy) is 1. The molecule has 0 radical (unpaired) electrons. The summed E-state index contributed by atoms with van der Waals surface area (Å²) in [5.41, 5.74) is 0.969. The van der Waals surface area contributed by atoms with Crippen molar-refractivity contribution in [1.29, 1.82) is 0 Å². The molecule has 4 heteroatoms. The van der Waals surface area contributed by atoms with Crippen molar-refractivity contribution >= 4 is 17.4 Å². The summed E-state index contributed by atoms with van der Waals surface area (Å²) in [5.74, 6) is 0.692. The van der Waals surface area contributed by atoms with E-state index in [0.717, 1.165) is 18.8 Å². The van der Waals surface area contributed by atoms with Gasteiger partial charge in [0.15, 0.2) is 0 Å². The van der Waals surface area contributed by atoms with Crippen molar-refractivity contribution in [1.82, 2.24) is 9.88 Å². The standard InChI is InChI=1S/C11H16N2OS/c1-4-13(5-2)11(15)14-10-7-6-9(3)12-8-10/h6-8H,4-5H2,1-3H3. The summed E-state index contributed by atoms with van der Waals surface area (Å²) < 4.78 is 5.51. The van der Waals surface area contributed by atoms with Gasteiger partial charge in [0, 0.05) is 18.8 Å². The maximum absolute atomic E-state index is 5.51. The fourth-order valence-electron chi connectivity index (χ4n) is 1.16. The highest BCUT2D eigenvalue weighted by atomic mass is 32.1. The van der Waals surface area contributed by atoms with Gasteiger partial charge in [0.25, 0.3) is 5.17 Å². The zero-order valence-electron chi connectivity index (χ0n) is 9.36. The molecule has 0 bridgehead atoms. The van der Waals surface area contributed by atoms with E-state index in [-0.39, 0.29) is 0 Å². The van der Waals surface area contributed by atoms with Gasteiger partial charge in [-0.3, -0.25) is 4.98 Å². The maximum Gasteiger partial charge on any atom is 0.264 e. The second kappa shape index (κ2) is 5.66. The number of thiocarbonyl (C=S) groups is 1. The van der Waals surface area contributed by atoms with E-state index in [9.17, 15) is 0 Å². The molecule has 15 heavy (non-hydrogen) atoms. The largest absolute Gasteiger partial charge is 0.430 e. The molecule has 0 aliphatic rings. The first kappa shape index (κ1) is 11.9. The summed E-state index contributed by atoms with van der Waals surface area (Å²) in [6.45, 7) is 7.74. The van der Waals surface area contributed by atoms with Gasteiger partial charge in [-0.15, -0.1) is 0 Å². The summed E-state index contributed by atoms with van der Waals surface area (Å²) in [6.07, 6.45) is 1.69. The van der Waals surface area contributed by atoms with Crippen LogP contribution in [0.2, 0.25) is 0 Å². The Balaban J connectivity index is 2.61. The highest BCUT2D eigenvalue weighted by molar-refractivity contribution is 7.80. The summed E-state index contributed by atoms with van der Waals surface area (Å²) >= 11 is 5.16. The van der Waals surface area contributed by atoms with E-state index in [4.69, 9.17) is 17.0 Å². The molecule has 3 nitrogen and oxygen atoms in total. The van der Waals surface area contributed by atoms with E-state index in [0.29, 0.717) is 10.9 Å². The molecule has 1 aromatic rings. The first-order chi connectivity index (χ1) is 7.17. The zero-order chi connectivity index (χ0) is 11.3. The molecule has 1 heterocycles. The molecule has 0 unspecified atom stereocenters. The van der Waals surface area contributed by atoms with Gasteiger partial charge in [-0.05, 0) is 45.1 Å². The molecule has 0 fully saturated rings. The van der Waals surface area contributed by atoms with E-state index < -0.39 is 0 Å². The summed E-state index contributed by atoms with van der Waals surface area (Å²) in [4.78, 5) is 6.12. The molecule has 0 aromatic carbocycles. The Hall–Kier alpha value is -1.16. The van der Waals surface area contributed by atoms with Crippen molar-refractivity contribution < 1.29 is 4.74 Å². The lowest BCUT2D eigenvalue weighted by molar-refractivity contribution is 0.378. The van der Waals surface area contributed by atoms with Gasteiger partial charge < -0.3 is 9.64 Å². The van der Waals surface area contributed by atoms with E-state index in [1.165, 1.54) is 0 Å². The number of rotatable bonds is 3. The Morgan fingerprint density at radius 3 is 2.53 bits per heavy atom. The van der Waals surface area contributed by atoms with Gasteiger partial charge in [0.1, 0.15) is 5.75 Å². The quantitative estimate of drug-likeness (QED) is 0.736. The van der Waals surface area contributed by atoms with Crippen LogP contribution in [0.3, 0.4) is 0 Å². The number of aromatic nitrogens is 1. The van der Waals surface area contributed by atoms with Gasteiger partial charge in [0.2, 0.25) is 0 Å². The van der Waals surface area contributed by atoms with E-state index in [2.05, 4.69) is 4.98 Å². The van der Waals surface area contributed by atoms with Crippen molar-refractivity contribution in [3.8, 4) is 5.75 Å². The highest BCUT2D eigenvalue weighted by Gasteiger charge is 2.07. The molecule has 0 atom stereocenters. The molecule has 0 aliphatic carbocycles. The van der Waals surface area contributed by atoms with Crippen LogP contribution in [0, 0.1) is 6.92 Å². The summed E-state index contributed by atoms with van der Waals surface area (Å²) in [7, 11) is 0. The topological polar surface area (TPSA) is 25.4 Å². The molecule has 0 amide bonds. The Kier molecular flexibility index (Phi) is 4.49. The molecular weight excluding hydrogens is 208 g/mol. The van der Waals surface area contributed by atoms with Crippen LogP contribution in [0.1, 0.15) is 19.5 Å². The Morgan fingerprint density at radius 2 is 2.07 bits per heavy atom. The van der Waals surface area contributed by atoms with Crippen LogP contribution in [-0.4, -0.2) is 28.1 Å². The van der Waals surface area contributed by atoms with Crippen LogP contribution in [0.4, 0.5) is 0 Å². The lowest BCUT2D eigenvalue weighted by atomic mass is 10.4. The Morgan fingerprint density at radius 1 is 1.40 bits per heavy atom. The second-order valence-electron chi connectivity index (χ2n) is 3.18. The van der Waals surface area contributed by atoms with E-state index in [1.54, 1.807) is 6.20 Å².